The van der Waals surface area contributed by atoms with Gasteiger partial charge in [-0.25, -0.2) is 9.48 Å². The van der Waals surface area contributed by atoms with Crippen LogP contribution in [0.1, 0.15) is 15.9 Å². The lowest BCUT2D eigenvalue weighted by Crippen LogP contribution is -2.03. The average molecular weight is 423 g/mol. The highest BCUT2D eigenvalue weighted by Crippen LogP contribution is 2.36. The van der Waals surface area contributed by atoms with Gasteiger partial charge in [0.05, 0.1) is 11.4 Å². The summed E-state index contributed by atoms with van der Waals surface area (Å²) in [5.41, 5.74) is 4.04. The minimum absolute atomic E-state index is 0.0927. The predicted octanol–water partition coefficient (Wildman–Crippen LogP) is 6.52. The van der Waals surface area contributed by atoms with Gasteiger partial charge in [0.2, 0.25) is 0 Å². The summed E-state index contributed by atoms with van der Waals surface area (Å²) in [5.74, 6) is -1.08. The highest BCUT2D eigenvalue weighted by Gasteiger charge is 2.26. The fraction of sp³-hybridized carbons (Fsp3) is 0.0435. The molecule has 1 aromatic heterocycles. The number of aromatic carboxylic acids is 1. The lowest BCUT2D eigenvalue weighted by atomic mass is 10.0. The van der Waals surface area contributed by atoms with Gasteiger partial charge in [-0.15, -0.1) is 0 Å². The Morgan fingerprint density at radius 2 is 1.52 bits per heavy atom. The van der Waals surface area contributed by atoms with Crippen LogP contribution in [0.15, 0.2) is 72.8 Å². The van der Waals surface area contributed by atoms with E-state index in [0.717, 1.165) is 16.8 Å². The van der Waals surface area contributed by atoms with Crippen LogP contribution in [-0.4, -0.2) is 20.9 Å². The molecule has 0 unspecified atom stereocenters. The SMILES string of the molecule is Cc1ccc(-n2nc(-c3cc(Cl)cc(Cl)c3)c(C(=O)O)c2-c2ccccc2)cc1. The van der Waals surface area contributed by atoms with Crippen molar-refractivity contribution in [2.45, 2.75) is 6.92 Å². The van der Waals surface area contributed by atoms with Gasteiger partial charge in [0.15, 0.2) is 0 Å². The number of carboxylic acid groups (broad SMARTS) is 1. The normalized spacial score (nSPS) is 10.9. The first kappa shape index (κ1) is 19.2. The number of carbonyl (C=O) groups is 1. The second-order valence-electron chi connectivity index (χ2n) is 6.65. The molecule has 6 heteroatoms. The van der Waals surface area contributed by atoms with Crippen molar-refractivity contribution in [3.05, 3.63) is 94.0 Å². The molecule has 0 aliphatic heterocycles. The third-order valence-corrected chi connectivity index (χ3v) is 5.00. The van der Waals surface area contributed by atoms with Crippen LogP contribution in [0, 0.1) is 6.92 Å². The molecule has 4 nitrogen and oxygen atoms in total. The largest absolute Gasteiger partial charge is 0.478 e. The van der Waals surface area contributed by atoms with Crippen molar-refractivity contribution in [3.8, 4) is 28.2 Å². The maximum atomic E-state index is 12.3. The lowest BCUT2D eigenvalue weighted by molar-refractivity contribution is 0.0698. The molecule has 3 aromatic carbocycles. The summed E-state index contributed by atoms with van der Waals surface area (Å²) < 4.78 is 1.66. The van der Waals surface area contributed by atoms with Crippen molar-refractivity contribution in [1.29, 1.82) is 0 Å². The van der Waals surface area contributed by atoms with Crippen LogP contribution in [0.2, 0.25) is 10.0 Å². The van der Waals surface area contributed by atoms with Crippen molar-refractivity contribution >= 4 is 29.2 Å². The third kappa shape index (κ3) is 3.77. The average Bonchev–Trinajstić information content (AvgIpc) is 3.09. The van der Waals surface area contributed by atoms with Crippen LogP contribution in [0.5, 0.6) is 0 Å². The fourth-order valence-corrected chi connectivity index (χ4v) is 3.77. The molecule has 4 rings (SSSR count). The highest BCUT2D eigenvalue weighted by molar-refractivity contribution is 6.35. The monoisotopic (exact) mass is 422 g/mol. The zero-order chi connectivity index (χ0) is 20.5. The van der Waals surface area contributed by atoms with Gasteiger partial charge in [-0.2, -0.15) is 5.10 Å². The number of halogens is 2. The van der Waals surface area contributed by atoms with Crippen LogP contribution < -0.4 is 0 Å². The van der Waals surface area contributed by atoms with E-state index in [9.17, 15) is 9.90 Å². The number of aryl methyl sites for hydroxylation is 1. The number of hydrogen-bond acceptors (Lipinski definition) is 2. The van der Waals surface area contributed by atoms with Gasteiger partial charge >= 0.3 is 5.97 Å². The van der Waals surface area contributed by atoms with E-state index < -0.39 is 5.97 Å². The van der Waals surface area contributed by atoms with Gasteiger partial charge in [-0.05, 0) is 37.3 Å². The summed E-state index contributed by atoms with van der Waals surface area (Å²) in [6.45, 7) is 1.99. The van der Waals surface area contributed by atoms with Crippen LogP contribution in [0.25, 0.3) is 28.2 Å². The van der Waals surface area contributed by atoms with Gasteiger partial charge in [0, 0.05) is 21.2 Å². The highest BCUT2D eigenvalue weighted by atomic mass is 35.5. The van der Waals surface area contributed by atoms with E-state index >= 15 is 0 Å². The summed E-state index contributed by atoms with van der Waals surface area (Å²) in [7, 11) is 0. The molecule has 0 aliphatic rings. The van der Waals surface area contributed by atoms with Crippen LogP contribution in [0.3, 0.4) is 0 Å². The number of benzene rings is 3. The standard InChI is InChI=1S/C23H16Cl2N2O2/c1-14-7-9-19(10-8-14)27-22(15-5-3-2-4-6-15)20(23(28)29)21(26-27)16-11-17(24)13-18(25)12-16/h2-13H,1H3,(H,28,29). The molecular weight excluding hydrogens is 407 g/mol. The van der Waals surface area contributed by atoms with E-state index in [1.54, 1.807) is 22.9 Å². The second-order valence-corrected chi connectivity index (χ2v) is 7.52. The first-order valence-corrected chi connectivity index (χ1v) is 9.65. The molecule has 4 aromatic rings. The summed E-state index contributed by atoms with van der Waals surface area (Å²) in [6, 6.07) is 22.0. The fourth-order valence-electron chi connectivity index (χ4n) is 3.25. The zero-order valence-electron chi connectivity index (χ0n) is 15.4. The van der Waals surface area contributed by atoms with Gasteiger partial charge in [-0.3, -0.25) is 0 Å². The number of carboxylic acids is 1. The van der Waals surface area contributed by atoms with E-state index in [2.05, 4.69) is 5.10 Å². The Labute approximate surface area is 178 Å². The van der Waals surface area contributed by atoms with Crippen LogP contribution >= 0.6 is 23.2 Å². The van der Waals surface area contributed by atoms with Crippen molar-refractivity contribution in [2.75, 3.05) is 0 Å². The first-order valence-electron chi connectivity index (χ1n) is 8.89. The molecule has 0 fully saturated rings. The molecule has 1 N–H and O–H groups in total. The van der Waals surface area contributed by atoms with Crippen molar-refractivity contribution in [2.24, 2.45) is 0 Å². The molecule has 1 heterocycles. The number of nitrogens with zero attached hydrogens (tertiary/aromatic N) is 2. The van der Waals surface area contributed by atoms with E-state index in [1.165, 1.54) is 0 Å². The summed E-state index contributed by atoms with van der Waals surface area (Å²) in [5, 5.41) is 15.6. The Balaban J connectivity index is 2.07. The van der Waals surface area contributed by atoms with Gasteiger partial charge < -0.3 is 5.11 Å². The Kier molecular flexibility index (Phi) is 5.14. The van der Waals surface area contributed by atoms with Gasteiger partial charge in [0.25, 0.3) is 0 Å². The maximum Gasteiger partial charge on any atom is 0.340 e. The molecule has 0 amide bonds. The van der Waals surface area contributed by atoms with Crippen LogP contribution in [-0.2, 0) is 0 Å². The first-order chi connectivity index (χ1) is 13.9. The summed E-state index contributed by atoms with van der Waals surface area (Å²) in [6.07, 6.45) is 0. The molecule has 0 bridgehead atoms. The Bertz CT molecular complexity index is 1180. The zero-order valence-corrected chi connectivity index (χ0v) is 16.9. The van der Waals surface area contributed by atoms with E-state index in [1.807, 2.05) is 61.5 Å². The Hall–Kier alpha value is -3.08. The summed E-state index contributed by atoms with van der Waals surface area (Å²) >= 11 is 12.3. The number of aromatic nitrogens is 2. The second kappa shape index (κ2) is 7.74. The maximum absolute atomic E-state index is 12.3. The van der Waals surface area contributed by atoms with E-state index in [4.69, 9.17) is 23.2 Å². The third-order valence-electron chi connectivity index (χ3n) is 4.56. The molecule has 0 radical (unpaired) electrons. The minimum Gasteiger partial charge on any atom is -0.478 e. The number of hydrogen-bond donors (Lipinski definition) is 1. The molecule has 29 heavy (non-hydrogen) atoms. The van der Waals surface area contributed by atoms with Crippen molar-refractivity contribution in [1.82, 2.24) is 9.78 Å². The topological polar surface area (TPSA) is 55.1 Å². The van der Waals surface area contributed by atoms with Gasteiger partial charge in [-0.1, -0.05) is 71.2 Å². The predicted molar refractivity (Wildman–Crippen MR) is 116 cm³/mol. The summed E-state index contributed by atoms with van der Waals surface area (Å²) in [4.78, 5) is 12.3. The molecule has 0 saturated carbocycles. The molecule has 0 saturated heterocycles. The number of rotatable bonds is 4. The van der Waals surface area contributed by atoms with Gasteiger partial charge in [0.1, 0.15) is 11.3 Å². The van der Waals surface area contributed by atoms with Crippen molar-refractivity contribution in [3.63, 3.8) is 0 Å². The molecule has 0 spiro atoms. The minimum atomic E-state index is -1.08. The van der Waals surface area contributed by atoms with Crippen molar-refractivity contribution < 1.29 is 9.90 Å². The Morgan fingerprint density at radius 3 is 2.10 bits per heavy atom. The Morgan fingerprint density at radius 1 is 0.897 bits per heavy atom. The molecule has 144 valence electrons. The lowest BCUT2D eigenvalue weighted by Gasteiger charge is -2.09. The van der Waals surface area contributed by atoms with E-state index in [0.29, 0.717) is 27.0 Å². The quantitative estimate of drug-likeness (QED) is 0.407. The molecular formula is C23H16Cl2N2O2. The molecule has 0 aliphatic carbocycles. The smallest absolute Gasteiger partial charge is 0.340 e. The van der Waals surface area contributed by atoms with E-state index in [-0.39, 0.29) is 5.56 Å². The van der Waals surface area contributed by atoms with Crippen LogP contribution in [0.4, 0.5) is 0 Å². The molecule has 0 atom stereocenters.